The minimum Gasteiger partial charge on any atom is -0.466 e. The van der Waals surface area contributed by atoms with Crippen molar-refractivity contribution in [1.29, 1.82) is 0 Å². The molecular formula is C22H25Cl2N3O3. The topological polar surface area (TPSA) is 71.5 Å². The van der Waals surface area contributed by atoms with Crippen LogP contribution in [0.25, 0.3) is 0 Å². The largest absolute Gasteiger partial charge is 0.466 e. The van der Waals surface area contributed by atoms with E-state index in [0.717, 1.165) is 17.7 Å². The molecule has 1 aromatic carbocycles. The first-order valence-corrected chi connectivity index (χ1v) is 10.6. The number of esters is 1. The molecule has 1 N–H and O–H groups in total. The highest BCUT2D eigenvalue weighted by atomic mass is 35.5. The van der Waals surface area contributed by atoms with E-state index < -0.39 is 0 Å². The highest BCUT2D eigenvalue weighted by molar-refractivity contribution is 6.42. The summed E-state index contributed by atoms with van der Waals surface area (Å²) in [6.07, 6.45) is 2.70. The molecule has 0 aliphatic carbocycles. The highest BCUT2D eigenvalue weighted by Crippen LogP contribution is 2.31. The molecule has 3 rings (SSSR count). The van der Waals surface area contributed by atoms with Gasteiger partial charge < -0.3 is 15.0 Å². The average molecular weight is 450 g/mol. The van der Waals surface area contributed by atoms with E-state index in [4.69, 9.17) is 27.9 Å². The van der Waals surface area contributed by atoms with Gasteiger partial charge in [0.25, 0.3) is 5.91 Å². The van der Waals surface area contributed by atoms with E-state index in [1.807, 2.05) is 37.9 Å². The Hall–Kier alpha value is -2.31. The fourth-order valence-corrected chi connectivity index (χ4v) is 3.67. The maximum Gasteiger partial charge on any atom is 0.306 e. The van der Waals surface area contributed by atoms with Crippen molar-refractivity contribution in [2.75, 3.05) is 25.1 Å². The smallest absolute Gasteiger partial charge is 0.306 e. The highest BCUT2D eigenvalue weighted by Gasteiger charge is 2.23. The molecule has 1 aliphatic heterocycles. The molecule has 1 unspecified atom stereocenters. The van der Waals surface area contributed by atoms with Gasteiger partial charge >= 0.3 is 5.97 Å². The lowest BCUT2D eigenvalue weighted by Gasteiger charge is -2.23. The number of nitrogens with zero attached hydrogens (tertiary/aromatic N) is 2. The third-order valence-electron chi connectivity index (χ3n) is 5.22. The lowest BCUT2D eigenvalue weighted by Crippen LogP contribution is -2.34. The Labute approximate surface area is 186 Å². The summed E-state index contributed by atoms with van der Waals surface area (Å²) in [5.41, 5.74) is 2.27. The standard InChI is InChI=1S/C22H25Cl2N3O3/c1-13(2)16-10-20(27(3)15-4-5-18(23)19(24)9-15)25-12-17(16)22(29)26-11-14-6-7-30-21(28)8-14/h4-5,9-10,12-14H,6-8,11H2,1-3H3,(H,26,29). The number of pyridine rings is 1. The van der Waals surface area contributed by atoms with E-state index in [1.165, 1.54) is 0 Å². The molecular weight excluding hydrogens is 425 g/mol. The van der Waals surface area contributed by atoms with Gasteiger partial charge in [0.15, 0.2) is 0 Å². The quantitative estimate of drug-likeness (QED) is 0.630. The molecule has 8 heteroatoms. The molecule has 2 aromatic rings. The first kappa shape index (κ1) is 22.4. The number of hydrogen-bond acceptors (Lipinski definition) is 5. The Morgan fingerprint density at radius 1 is 1.30 bits per heavy atom. The summed E-state index contributed by atoms with van der Waals surface area (Å²) in [5.74, 6) is 0.530. The lowest BCUT2D eigenvalue weighted by atomic mass is 9.97. The number of cyclic esters (lactones) is 1. The van der Waals surface area contributed by atoms with E-state index in [-0.39, 0.29) is 23.7 Å². The summed E-state index contributed by atoms with van der Waals surface area (Å²) in [5, 5.41) is 3.90. The van der Waals surface area contributed by atoms with E-state index in [0.29, 0.717) is 41.0 Å². The molecule has 160 valence electrons. The SMILES string of the molecule is CC(C)c1cc(N(C)c2ccc(Cl)c(Cl)c2)ncc1C(=O)NCC1CCOC(=O)C1. The number of ether oxygens (including phenoxy) is 1. The zero-order chi connectivity index (χ0) is 21.8. The monoisotopic (exact) mass is 449 g/mol. The molecule has 1 saturated heterocycles. The van der Waals surface area contributed by atoms with Gasteiger partial charge in [-0.05, 0) is 48.1 Å². The van der Waals surface area contributed by atoms with Crippen LogP contribution >= 0.6 is 23.2 Å². The Balaban J connectivity index is 1.78. The fourth-order valence-electron chi connectivity index (χ4n) is 3.38. The number of anilines is 2. The molecule has 6 nitrogen and oxygen atoms in total. The number of carbonyl (C=O) groups is 2. The molecule has 0 radical (unpaired) electrons. The molecule has 0 spiro atoms. The first-order valence-electron chi connectivity index (χ1n) is 9.88. The minimum atomic E-state index is -0.209. The third-order valence-corrected chi connectivity index (χ3v) is 5.96. The van der Waals surface area contributed by atoms with Crippen molar-refractivity contribution >= 4 is 46.6 Å². The second-order valence-corrected chi connectivity index (χ2v) is 8.55. The predicted octanol–water partition coefficient (Wildman–Crippen LogP) is 4.96. The zero-order valence-corrected chi connectivity index (χ0v) is 18.8. The van der Waals surface area contributed by atoms with Gasteiger partial charge in [0.1, 0.15) is 5.82 Å². The maximum absolute atomic E-state index is 12.8. The Morgan fingerprint density at radius 3 is 2.73 bits per heavy atom. The van der Waals surface area contributed by atoms with Gasteiger partial charge in [-0.1, -0.05) is 37.0 Å². The van der Waals surface area contributed by atoms with Crippen molar-refractivity contribution < 1.29 is 14.3 Å². The number of carbonyl (C=O) groups excluding carboxylic acids is 2. The van der Waals surface area contributed by atoms with E-state index in [1.54, 1.807) is 18.3 Å². The normalized spacial score (nSPS) is 16.3. The molecule has 1 aliphatic rings. The van der Waals surface area contributed by atoms with Crippen molar-refractivity contribution in [1.82, 2.24) is 10.3 Å². The summed E-state index contributed by atoms with van der Waals surface area (Å²) in [6.45, 7) is 4.92. The molecule has 1 atom stereocenters. The second-order valence-electron chi connectivity index (χ2n) is 7.73. The van der Waals surface area contributed by atoms with Crippen LogP contribution in [0.4, 0.5) is 11.5 Å². The van der Waals surface area contributed by atoms with Gasteiger partial charge in [-0.2, -0.15) is 0 Å². The van der Waals surface area contributed by atoms with Crippen LogP contribution in [0.5, 0.6) is 0 Å². The third kappa shape index (κ3) is 5.24. The number of benzene rings is 1. The van der Waals surface area contributed by atoms with Crippen LogP contribution in [0.2, 0.25) is 10.0 Å². The van der Waals surface area contributed by atoms with Crippen LogP contribution < -0.4 is 10.2 Å². The van der Waals surface area contributed by atoms with E-state index in [9.17, 15) is 9.59 Å². The Bertz CT molecular complexity index is 949. The summed E-state index contributed by atoms with van der Waals surface area (Å²) in [4.78, 5) is 30.6. The second kappa shape index (κ2) is 9.67. The van der Waals surface area contributed by atoms with Crippen LogP contribution in [0.3, 0.4) is 0 Å². The van der Waals surface area contributed by atoms with Gasteiger partial charge in [-0.3, -0.25) is 9.59 Å². The Morgan fingerprint density at radius 2 is 2.07 bits per heavy atom. The van der Waals surface area contributed by atoms with Gasteiger partial charge in [-0.25, -0.2) is 4.98 Å². The molecule has 1 aromatic heterocycles. The summed E-state index contributed by atoms with van der Waals surface area (Å²) >= 11 is 12.2. The van der Waals surface area contributed by atoms with Crippen LogP contribution in [-0.2, 0) is 9.53 Å². The van der Waals surface area contributed by atoms with Crippen molar-refractivity contribution in [2.24, 2.45) is 5.92 Å². The van der Waals surface area contributed by atoms with Crippen LogP contribution in [0.1, 0.15) is 48.5 Å². The lowest BCUT2D eigenvalue weighted by molar-refractivity contribution is -0.149. The molecule has 0 saturated carbocycles. The van der Waals surface area contributed by atoms with Crippen LogP contribution in [-0.4, -0.2) is 37.1 Å². The minimum absolute atomic E-state index is 0.103. The van der Waals surface area contributed by atoms with Gasteiger partial charge in [0.2, 0.25) is 0 Å². The number of rotatable bonds is 6. The summed E-state index contributed by atoms with van der Waals surface area (Å²) in [7, 11) is 1.88. The number of halogens is 2. The molecule has 30 heavy (non-hydrogen) atoms. The van der Waals surface area contributed by atoms with E-state index in [2.05, 4.69) is 10.3 Å². The van der Waals surface area contributed by atoms with Crippen LogP contribution in [0, 0.1) is 5.92 Å². The number of nitrogens with one attached hydrogen (secondary N) is 1. The average Bonchev–Trinajstić information content (AvgIpc) is 2.73. The van der Waals surface area contributed by atoms with Crippen molar-refractivity contribution in [3.05, 3.63) is 51.6 Å². The van der Waals surface area contributed by atoms with Gasteiger partial charge in [0, 0.05) is 25.5 Å². The number of aromatic nitrogens is 1. The van der Waals surface area contributed by atoms with Crippen molar-refractivity contribution in [2.45, 2.75) is 32.6 Å². The number of hydrogen-bond donors (Lipinski definition) is 1. The fraction of sp³-hybridized carbons (Fsp3) is 0.409. The molecule has 2 heterocycles. The van der Waals surface area contributed by atoms with Gasteiger partial charge in [0.05, 0.1) is 28.6 Å². The molecule has 0 bridgehead atoms. The number of amides is 1. The molecule has 1 amide bonds. The van der Waals surface area contributed by atoms with E-state index >= 15 is 0 Å². The predicted molar refractivity (Wildman–Crippen MR) is 119 cm³/mol. The van der Waals surface area contributed by atoms with Crippen molar-refractivity contribution in [3.8, 4) is 0 Å². The molecule has 1 fully saturated rings. The summed E-state index contributed by atoms with van der Waals surface area (Å²) in [6, 6.07) is 7.29. The Kier molecular flexibility index (Phi) is 7.21. The maximum atomic E-state index is 12.8. The first-order chi connectivity index (χ1) is 14.3. The zero-order valence-electron chi connectivity index (χ0n) is 17.2. The van der Waals surface area contributed by atoms with Crippen molar-refractivity contribution in [3.63, 3.8) is 0 Å². The van der Waals surface area contributed by atoms with Crippen LogP contribution in [0.15, 0.2) is 30.5 Å². The van der Waals surface area contributed by atoms with Gasteiger partial charge in [-0.15, -0.1) is 0 Å². The summed E-state index contributed by atoms with van der Waals surface area (Å²) < 4.78 is 4.95.